The number of rotatable bonds is 14. The number of sulfonamides is 1. The van der Waals surface area contributed by atoms with Crippen LogP contribution >= 0.6 is 10.7 Å². The van der Waals surface area contributed by atoms with Gasteiger partial charge in [0.2, 0.25) is 19.1 Å². The number of anilines is 2. The zero-order chi connectivity index (χ0) is 36.0. The van der Waals surface area contributed by atoms with Gasteiger partial charge in [-0.25, -0.2) is 16.8 Å². The molecule has 276 valence electrons. The maximum Gasteiger partial charge on any atom is 0.229 e. The Kier molecular flexibility index (Phi) is 13.6. The first kappa shape index (κ1) is 39.9. The third kappa shape index (κ3) is 10.8. The molecule has 4 atom stereocenters. The van der Waals surface area contributed by atoms with E-state index >= 15 is 0 Å². The first-order valence-corrected chi connectivity index (χ1v) is 22.9. The third-order valence-corrected chi connectivity index (χ3v) is 12.2. The van der Waals surface area contributed by atoms with E-state index in [-0.39, 0.29) is 5.41 Å². The molecule has 49 heavy (non-hydrogen) atoms. The maximum atomic E-state index is 11.4. The van der Waals surface area contributed by atoms with Crippen LogP contribution in [-0.4, -0.2) is 78.4 Å². The van der Waals surface area contributed by atoms with Crippen molar-refractivity contribution < 1.29 is 16.8 Å². The van der Waals surface area contributed by atoms with E-state index in [0.717, 1.165) is 35.6 Å². The number of nitrogen functional groups attached to an aromatic ring is 1. The molecule has 2 saturated carbocycles. The third-order valence-electron chi connectivity index (χ3n) is 11.6. The Morgan fingerprint density at radius 2 is 1.12 bits per heavy atom. The van der Waals surface area contributed by atoms with E-state index in [9.17, 15) is 16.8 Å². The van der Waals surface area contributed by atoms with Gasteiger partial charge in [0.25, 0.3) is 0 Å². The number of unbranched alkanes of at least 4 members (excludes halogenated alkanes) is 6. The lowest BCUT2D eigenvalue weighted by Gasteiger charge is -2.24. The van der Waals surface area contributed by atoms with Gasteiger partial charge in [-0.05, 0) is 85.0 Å². The summed E-state index contributed by atoms with van der Waals surface area (Å²) in [6.07, 6.45) is 12.9. The van der Waals surface area contributed by atoms with Crippen molar-refractivity contribution >= 4 is 41.1 Å². The molecule has 4 aliphatic rings. The van der Waals surface area contributed by atoms with Crippen LogP contribution in [-0.2, 0) is 29.9 Å². The normalized spacial score (nSPS) is 28.8. The monoisotopic (exact) mass is 736 g/mol. The minimum absolute atomic E-state index is 0.217. The van der Waals surface area contributed by atoms with E-state index in [1.165, 1.54) is 108 Å². The second-order valence-corrected chi connectivity index (χ2v) is 20.2. The van der Waals surface area contributed by atoms with Gasteiger partial charge < -0.3 is 15.5 Å². The molecule has 8 nitrogen and oxygen atoms in total. The van der Waals surface area contributed by atoms with Crippen molar-refractivity contribution in [2.45, 2.75) is 89.9 Å². The molecule has 2 aliphatic carbocycles. The topological polar surface area (TPSA) is 113 Å². The summed E-state index contributed by atoms with van der Waals surface area (Å²) in [6, 6.07) is 16.5. The lowest BCUT2D eigenvalue weighted by molar-refractivity contribution is 0.271. The van der Waals surface area contributed by atoms with Gasteiger partial charge in [0, 0.05) is 59.1 Å². The van der Waals surface area contributed by atoms with Crippen molar-refractivity contribution in [1.82, 2.24) is 9.80 Å². The van der Waals surface area contributed by atoms with Crippen LogP contribution in [0.2, 0.25) is 0 Å². The van der Waals surface area contributed by atoms with Gasteiger partial charge in [-0.2, -0.15) is 0 Å². The first-order valence-electron chi connectivity index (χ1n) is 18.3. The zero-order valence-corrected chi connectivity index (χ0v) is 33.0. The predicted molar refractivity (Wildman–Crippen MR) is 206 cm³/mol. The molecule has 2 saturated heterocycles. The highest BCUT2D eigenvalue weighted by atomic mass is 35.7. The summed E-state index contributed by atoms with van der Waals surface area (Å²) in [6.45, 7) is 16.8. The molecule has 3 N–H and O–H groups in total. The van der Waals surface area contributed by atoms with Gasteiger partial charge >= 0.3 is 0 Å². The van der Waals surface area contributed by atoms with Crippen molar-refractivity contribution in [2.24, 2.45) is 23.7 Å². The molecule has 2 heterocycles. The number of nitrogens with zero attached hydrogens (tertiary/aromatic N) is 2. The minimum atomic E-state index is -3.22. The molecule has 11 heteroatoms. The Labute approximate surface area is 302 Å². The molecule has 0 bridgehead atoms. The van der Waals surface area contributed by atoms with Crippen molar-refractivity contribution in [1.29, 1.82) is 0 Å². The minimum Gasteiger partial charge on any atom is -0.399 e. The summed E-state index contributed by atoms with van der Waals surface area (Å²) < 4.78 is 44.3. The van der Waals surface area contributed by atoms with Crippen LogP contribution in [0.15, 0.2) is 48.5 Å². The Balaban J connectivity index is 0.000000197. The highest BCUT2D eigenvalue weighted by molar-refractivity contribution is 8.13. The summed E-state index contributed by atoms with van der Waals surface area (Å²) in [4.78, 5) is 5.30. The predicted octanol–water partition coefficient (Wildman–Crippen LogP) is 7.31. The van der Waals surface area contributed by atoms with E-state index < -0.39 is 19.1 Å². The summed E-state index contributed by atoms with van der Waals surface area (Å²) in [5.74, 6) is 3.15. The molecule has 0 radical (unpaired) electrons. The van der Waals surface area contributed by atoms with Crippen molar-refractivity contribution in [3.05, 3.63) is 59.7 Å². The second kappa shape index (κ2) is 16.7. The van der Waals surface area contributed by atoms with E-state index in [0.29, 0.717) is 11.1 Å². The summed E-state index contributed by atoms with van der Waals surface area (Å²) in [5, 5.41) is 0. The molecule has 4 unspecified atom stereocenters. The van der Waals surface area contributed by atoms with Crippen molar-refractivity contribution in [3.8, 4) is 0 Å². The van der Waals surface area contributed by atoms with E-state index in [2.05, 4.69) is 77.2 Å². The lowest BCUT2D eigenvalue weighted by Crippen LogP contribution is -2.29. The quantitative estimate of drug-likeness (QED) is 0.119. The number of hydrogen-bond acceptors (Lipinski definition) is 7. The molecule has 2 aliphatic heterocycles. The summed E-state index contributed by atoms with van der Waals surface area (Å²) in [7, 11) is -1.91. The number of halogens is 1. The lowest BCUT2D eigenvalue weighted by atomic mass is 9.92. The van der Waals surface area contributed by atoms with Gasteiger partial charge in [0.15, 0.2) is 0 Å². The van der Waals surface area contributed by atoms with Crippen LogP contribution in [0.1, 0.15) is 90.2 Å². The van der Waals surface area contributed by atoms with Gasteiger partial charge in [-0.15, -0.1) is 0 Å². The Bertz CT molecular complexity index is 1570. The Morgan fingerprint density at radius 3 is 1.51 bits per heavy atom. The summed E-state index contributed by atoms with van der Waals surface area (Å²) in [5.41, 5.74) is 10.9. The van der Waals surface area contributed by atoms with E-state index in [4.69, 9.17) is 5.73 Å². The average molecular weight is 738 g/mol. The standard InChI is InChI=1S/C19H30N2O2S.C18H28N2.CH3ClO2S/c1-4-5-6-7-11-21-13-17-18(14-21)19(17,2)15-9-8-10-16(12-15)20-24(3,22)23;1-3-4-5-6-10-20-12-16-17(13-20)18(16,2)14-8-7-9-15(19)11-14;1-5(2,3)4/h8-10,12,17-18,20H,4-7,11,13-14H2,1-3H3;7-9,11,16-17H,3-6,10,12-13,19H2,1-2H3;1H3. The van der Waals surface area contributed by atoms with Crippen molar-refractivity contribution in [2.75, 3.05) is 62.2 Å². The molecular weight excluding hydrogens is 676 g/mol. The number of nitrogens with two attached hydrogens (primary N) is 1. The number of piperidine rings is 2. The number of benzene rings is 2. The molecule has 6 rings (SSSR count). The fourth-order valence-electron chi connectivity index (χ4n) is 8.68. The number of hydrogen-bond donors (Lipinski definition) is 2. The van der Waals surface area contributed by atoms with Crippen LogP contribution in [0.5, 0.6) is 0 Å². The highest BCUT2D eigenvalue weighted by Crippen LogP contribution is 2.64. The number of likely N-dealkylation sites (tertiary alicyclic amines) is 2. The highest BCUT2D eigenvalue weighted by Gasteiger charge is 2.66. The van der Waals surface area contributed by atoms with Crippen LogP contribution in [0.3, 0.4) is 0 Å². The fraction of sp³-hybridized carbons (Fsp3) is 0.684. The smallest absolute Gasteiger partial charge is 0.229 e. The Morgan fingerprint density at radius 1 is 0.714 bits per heavy atom. The summed E-state index contributed by atoms with van der Waals surface area (Å²) >= 11 is 0. The first-order chi connectivity index (χ1) is 23.0. The Hall–Kier alpha value is -1.85. The van der Waals surface area contributed by atoms with Crippen LogP contribution in [0.25, 0.3) is 0 Å². The van der Waals surface area contributed by atoms with Gasteiger partial charge in [-0.1, -0.05) is 90.5 Å². The maximum absolute atomic E-state index is 11.4. The van der Waals surface area contributed by atoms with Gasteiger partial charge in [0.05, 0.1) is 12.5 Å². The van der Waals surface area contributed by atoms with Crippen LogP contribution in [0, 0.1) is 23.7 Å². The number of fused-ring (bicyclic) bond motifs is 2. The molecule has 2 aromatic rings. The molecule has 0 amide bonds. The van der Waals surface area contributed by atoms with E-state index in [1.54, 1.807) is 0 Å². The molecule has 4 fully saturated rings. The second-order valence-electron chi connectivity index (χ2n) is 15.4. The van der Waals surface area contributed by atoms with Gasteiger partial charge in [0.1, 0.15) is 0 Å². The average Bonchev–Trinajstić information content (AvgIpc) is 3.51. The number of nitrogens with one attached hydrogen (secondary N) is 1. The molecule has 0 spiro atoms. The molecule has 0 aromatic heterocycles. The SMILES string of the molecule is CCCCCCN1CC2C(C1)C2(C)c1cccc(N)c1.CCCCCCN1CC2C(C1)C2(C)c1cccc(NS(C)(=O)=O)c1.CS(=O)(=O)Cl. The van der Waals surface area contributed by atoms with Crippen LogP contribution < -0.4 is 10.5 Å². The fourth-order valence-corrected chi connectivity index (χ4v) is 9.23. The van der Waals surface area contributed by atoms with Gasteiger partial charge in [-0.3, -0.25) is 4.72 Å². The van der Waals surface area contributed by atoms with Crippen molar-refractivity contribution in [3.63, 3.8) is 0 Å². The molecule has 2 aromatic carbocycles. The zero-order valence-electron chi connectivity index (χ0n) is 30.6. The van der Waals surface area contributed by atoms with Crippen LogP contribution in [0.4, 0.5) is 11.4 Å². The largest absolute Gasteiger partial charge is 0.399 e. The molecular formula is C38H61ClN4O4S2. The van der Waals surface area contributed by atoms with E-state index in [1.807, 2.05) is 24.3 Å².